The standard InChI is InChI=1S/C9H7F3INO2/c1-2-16-9(15)4-3-5(13)8(12)14-6(4)7(10)11/h3,7H,2H2,1H3. The van der Waals surface area contributed by atoms with Crippen molar-refractivity contribution in [1.29, 1.82) is 0 Å². The minimum Gasteiger partial charge on any atom is -0.462 e. The fourth-order valence-corrected chi connectivity index (χ4v) is 1.45. The third-order valence-corrected chi connectivity index (χ3v) is 2.42. The second-order valence-corrected chi connectivity index (χ2v) is 3.88. The Bertz CT molecular complexity index is 412. The summed E-state index contributed by atoms with van der Waals surface area (Å²) in [6, 6.07) is 1.00. The predicted octanol–water partition coefficient (Wildman–Crippen LogP) is 2.94. The molecule has 0 aromatic carbocycles. The van der Waals surface area contributed by atoms with Gasteiger partial charge in [-0.25, -0.2) is 18.6 Å². The number of hydrogen-bond donors (Lipinski definition) is 0. The third kappa shape index (κ3) is 2.83. The highest BCUT2D eigenvalue weighted by Gasteiger charge is 2.23. The van der Waals surface area contributed by atoms with E-state index in [4.69, 9.17) is 0 Å². The summed E-state index contributed by atoms with van der Waals surface area (Å²) in [6.07, 6.45) is -3.02. The molecule has 1 rings (SSSR count). The molecule has 0 aliphatic heterocycles. The molecular weight excluding hydrogens is 338 g/mol. The van der Waals surface area contributed by atoms with E-state index in [0.717, 1.165) is 6.07 Å². The van der Waals surface area contributed by atoms with E-state index in [9.17, 15) is 18.0 Å². The number of pyridine rings is 1. The molecule has 0 atom stereocenters. The topological polar surface area (TPSA) is 39.2 Å². The zero-order valence-electron chi connectivity index (χ0n) is 8.14. The highest BCUT2D eigenvalue weighted by molar-refractivity contribution is 14.1. The molecule has 0 spiro atoms. The predicted molar refractivity (Wildman–Crippen MR) is 57.8 cm³/mol. The molecule has 0 amide bonds. The lowest BCUT2D eigenvalue weighted by Gasteiger charge is -2.08. The second-order valence-electron chi connectivity index (χ2n) is 2.71. The number of rotatable bonds is 3. The first-order valence-electron chi connectivity index (χ1n) is 4.28. The van der Waals surface area contributed by atoms with Crippen LogP contribution >= 0.6 is 22.6 Å². The van der Waals surface area contributed by atoms with E-state index in [1.807, 2.05) is 0 Å². The number of halogens is 4. The summed E-state index contributed by atoms with van der Waals surface area (Å²) in [6.45, 7) is 1.59. The van der Waals surface area contributed by atoms with Crippen LogP contribution in [0.2, 0.25) is 0 Å². The van der Waals surface area contributed by atoms with Crippen LogP contribution in [0.1, 0.15) is 29.4 Å². The van der Waals surface area contributed by atoms with Gasteiger partial charge in [-0.05, 0) is 35.6 Å². The molecule has 0 saturated carbocycles. The number of hydrogen-bond acceptors (Lipinski definition) is 3. The summed E-state index contributed by atoms with van der Waals surface area (Å²) < 4.78 is 42.5. The molecule has 1 aromatic rings. The van der Waals surface area contributed by atoms with E-state index in [-0.39, 0.29) is 10.2 Å². The Labute approximate surface area is 103 Å². The van der Waals surface area contributed by atoms with Crippen LogP contribution < -0.4 is 0 Å². The molecule has 0 unspecified atom stereocenters. The molecule has 0 aliphatic rings. The zero-order chi connectivity index (χ0) is 12.3. The molecule has 0 aliphatic carbocycles. The van der Waals surface area contributed by atoms with Crippen LogP contribution in [0.5, 0.6) is 0 Å². The van der Waals surface area contributed by atoms with Crippen molar-refractivity contribution >= 4 is 28.6 Å². The summed E-state index contributed by atoms with van der Waals surface area (Å²) in [5, 5.41) is 0. The highest BCUT2D eigenvalue weighted by Crippen LogP contribution is 2.24. The SMILES string of the molecule is CCOC(=O)c1cc(I)c(F)nc1C(F)F. The molecule has 16 heavy (non-hydrogen) atoms. The van der Waals surface area contributed by atoms with Gasteiger partial charge in [0.25, 0.3) is 6.43 Å². The molecule has 7 heteroatoms. The van der Waals surface area contributed by atoms with Crippen molar-refractivity contribution in [2.45, 2.75) is 13.3 Å². The molecule has 0 fully saturated rings. The first kappa shape index (κ1) is 13.2. The Balaban J connectivity index is 3.24. The van der Waals surface area contributed by atoms with Crippen molar-refractivity contribution in [3.8, 4) is 0 Å². The number of esters is 1. The quantitative estimate of drug-likeness (QED) is 0.480. The van der Waals surface area contributed by atoms with Gasteiger partial charge in [-0.2, -0.15) is 4.39 Å². The van der Waals surface area contributed by atoms with Gasteiger partial charge in [-0.3, -0.25) is 0 Å². The van der Waals surface area contributed by atoms with E-state index in [0.29, 0.717) is 0 Å². The van der Waals surface area contributed by atoms with Crippen LogP contribution in [0.15, 0.2) is 6.07 Å². The average molecular weight is 345 g/mol. The second kappa shape index (κ2) is 5.46. The number of aromatic nitrogens is 1. The van der Waals surface area contributed by atoms with Crippen LogP contribution in [0, 0.1) is 9.52 Å². The van der Waals surface area contributed by atoms with Gasteiger partial charge < -0.3 is 4.74 Å². The van der Waals surface area contributed by atoms with Gasteiger partial charge in [0, 0.05) is 0 Å². The van der Waals surface area contributed by atoms with E-state index >= 15 is 0 Å². The van der Waals surface area contributed by atoms with Crippen molar-refractivity contribution < 1.29 is 22.7 Å². The van der Waals surface area contributed by atoms with Crippen LogP contribution in [-0.2, 0) is 4.74 Å². The third-order valence-electron chi connectivity index (χ3n) is 1.66. The number of carbonyl (C=O) groups excluding carboxylic acids is 1. The van der Waals surface area contributed by atoms with E-state index in [1.165, 1.54) is 0 Å². The Hall–Kier alpha value is -0.860. The normalized spacial score (nSPS) is 10.6. The van der Waals surface area contributed by atoms with Crippen LogP contribution in [0.3, 0.4) is 0 Å². The van der Waals surface area contributed by atoms with Crippen molar-refractivity contribution in [3.05, 3.63) is 26.8 Å². The molecule has 0 bridgehead atoms. The van der Waals surface area contributed by atoms with Crippen molar-refractivity contribution in [2.24, 2.45) is 0 Å². The van der Waals surface area contributed by atoms with Gasteiger partial charge >= 0.3 is 5.97 Å². The zero-order valence-corrected chi connectivity index (χ0v) is 10.3. The molecular formula is C9H7F3INO2. The summed E-state index contributed by atoms with van der Waals surface area (Å²) in [5.41, 5.74) is -1.29. The van der Waals surface area contributed by atoms with E-state index in [2.05, 4.69) is 9.72 Å². The van der Waals surface area contributed by atoms with Gasteiger partial charge in [0.15, 0.2) is 0 Å². The maximum Gasteiger partial charge on any atom is 0.340 e. The Morgan fingerprint density at radius 3 is 2.75 bits per heavy atom. The number of nitrogens with zero attached hydrogens (tertiary/aromatic N) is 1. The number of ether oxygens (including phenoxy) is 1. The summed E-state index contributed by atoms with van der Waals surface area (Å²) in [7, 11) is 0. The summed E-state index contributed by atoms with van der Waals surface area (Å²) in [4.78, 5) is 14.4. The monoisotopic (exact) mass is 345 g/mol. The van der Waals surface area contributed by atoms with Gasteiger partial charge in [0.2, 0.25) is 5.95 Å². The lowest BCUT2D eigenvalue weighted by molar-refractivity contribution is 0.0513. The maximum absolute atomic E-state index is 13.0. The molecule has 1 heterocycles. The molecule has 1 aromatic heterocycles. The van der Waals surface area contributed by atoms with Crippen LogP contribution in [0.4, 0.5) is 13.2 Å². The maximum atomic E-state index is 13.0. The minimum atomic E-state index is -3.02. The largest absolute Gasteiger partial charge is 0.462 e. The molecule has 0 saturated heterocycles. The lowest BCUT2D eigenvalue weighted by atomic mass is 10.2. The van der Waals surface area contributed by atoms with Crippen LogP contribution in [0.25, 0.3) is 0 Å². The smallest absolute Gasteiger partial charge is 0.340 e. The fraction of sp³-hybridized carbons (Fsp3) is 0.333. The lowest BCUT2D eigenvalue weighted by Crippen LogP contribution is -2.12. The number of alkyl halides is 2. The summed E-state index contributed by atoms with van der Waals surface area (Å²) >= 11 is 1.56. The summed E-state index contributed by atoms with van der Waals surface area (Å²) in [5.74, 6) is -1.95. The van der Waals surface area contributed by atoms with Crippen molar-refractivity contribution in [1.82, 2.24) is 4.98 Å². The molecule has 88 valence electrons. The highest BCUT2D eigenvalue weighted by atomic mass is 127. The van der Waals surface area contributed by atoms with Crippen LogP contribution in [-0.4, -0.2) is 17.6 Å². The Morgan fingerprint density at radius 2 is 2.25 bits per heavy atom. The first-order chi connectivity index (χ1) is 7.47. The van der Waals surface area contributed by atoms with E-state index < -0.39 is 29.6 Å². The fourth-order valence-electron chi connectivity index (χ4n) is 1.02. The molecule has 0 radical (unpaired) electrons. The van der Waals surface area contributed by atoms with Crippen molar-refractivity contribution in [3.63, 3.8) is 0 Å². The van der Waals surface area contributed by atoms with Gasteiger partial charge in [0.1, 0.15) is 5.69 Å². The molecule has 0 N–H and O–H groups in total. The average Bonchev–Trinajstić information content (AvgIpc) is 2.21. The minimum absolute atomic E-state index is 0.00921. The van der Waals surface area contributed by atoms with Gasteiger partial charge in [-0.15, -0.1) is 0 Å². The first-order valence-corrected chi connectivity index (χ1v) is 5.36. The Kier molecular flexibility index (Phi) is 4.51. The number of carbonyl (C=O) groups is 1. The van der Waals surface area contributed by atoms with Crippen molar-refractivity contribution in [2.75, 3.05) is 6.61 Å². The van der Waals surface area contributed by atoms with Gasteiger partial charge in [0.05, 0.1) is 15.7 Å². The van der Waals surface area contributed by atoms with Gasteiger partial charge in [-0.1, -0.05) is 0 Å². The Morgan fingerprint density at radius 1 is 1.62 bits per heavy atom. The van der Waals surface area contributed by atoms with E-state index in [1.54, 1.807) is 29.5 Å². The molecule has 3 nitrogen and oxygen atoms in total.